The highest BCUT2D eigenvalue weighted by Gasteiger charge is 2.10. The van der Waals surface area contributed by atoms with E-state index >= 15 is 0 Å². The molecule has 0 amide bonds. The molecular weight excluding hydrogens is 244 g/mol. The number of benzene rings is 1. The molecule has 2 aromatic rings. The molecule has 0 atom stereocenters. The molecule has 0 fully saturated rings. The van der Waals surface area contributed by atoms with Crippen LogP contribution < -0.4 is 0 Å². The molecule has 4 nitrogen and oxygen atoms in total. The summed E-state index contributed by atoms with van der Waals surface area (Å²) in [5.41, 5.74) is 2.66. The summed E-state index contributed by atoms with van der Waals surface area (Å²) in [6, 6.07) is 7.04. The third-order valence-electron chi connectivity index (χ3n) is 2.73. The van der Waals surface area contributed by atoms with Crippen molar-refractivity contribution in [1.29, 1.82) is 0 Å². The normalized spacial score (nSPS) is 10.8. The van der Waals surface area contributed by atoms with Gasteiger partial charge < -0.3 is 14.3 Å². The second kappa shape index (κ2) is 5.71. The van der Waals surface area contributed by atoms with Gasteiger partial charge in [-0.3, -0.25) is 0 Å². The highest BCUT2D eigenvalue weighted by molar-refractivity contribution is 5.91. The molecule has 0 spiro atoms. The zero-order valence-corrected chi connectivity index (χ0v) is 10.8. The largest absolute Gasteiger partial charge is 0.475 e. The third kappa shape index (κ3) is 3.45. The first-order valence-corrected chi connectivity index (χ1v) is 6.04. The summed E-state index contributed by atoms with van der Waals surface area (Å²) in [7, 11) is 0. The Hall–Kier alpha value is -2.07. The maximum atomic E-state index is 10.8. The lowest BCUT2D eigenvalue weighted by molar-refractivity contribution is 0.0665. The van der Waals surface area contributed by atoms with E-state index in [2.05, 4.69) is 6.58 Å². The summed E-state index contributed by atoms with van der Waals surface area (Å²) in [5.74, 6) is -1.11. The van der Waals surface area contributed by atoms with Crippen molar-refractivity contribution in [2.45, 2.75) is 20.0 Å². The summed E-state index contributed by atoms with van der Waals surface area (Å²) >= 11 is 0. The average Bonchev–Trinajstić information content (AvgIpc) is 2.77. The van der Waals surface area contributed by atoms with Gasteiger partial charge in [-0.1, -0.05) is 11.6 Å². The predicted octanol–water partition coefficient (Wildman–Crippen LogP) is 3.61. The number of hydrogen-bond donors (Lipinski definition) is 1. The Bertz CT molecular complexity index is 610. The summed E-state index contributed by atoms with van der Waals surface area (Å²) in [6.07, 6.45) is 0.844. The summed E-state index contributed by atoms with van der Waals surface area (Å²) in [5, 5.41) is 9.63. The second-order valence-corrected chi connectivity index (χ2v) is 4.55. The number of ether oxygens (including phenoxy) is 1. The van der Waals surface area contributed by atoms with Crippen LogP contribution in [-0.2, 0) is 11.3 Å². The van der Waals surface area contributed by atoms with Crippen molar-refractivity contribution in [2.75, 3.05) is 6.61 Å². The average molecular weight is 260 g/mol. The molecule has 0 aliphatic carbocycles. The van der Waals surface area contributed by atoms with Gasteiger partial charge in [-0.15, -0.1) is 6.58 Å². The maximum absolute atomic E-state index is 10.8. The van der Waals surface area contributed by atoms with Gasteiger partial charge in [0.15, 0.2) is 0 Å². The Balaban J connectivity index is 2.04. The molecule has 4 heteroatoms. The number of carboxylic acids is 1. The van der Waals surface area contributed by atoms with Gasteiger partial charge in [0.05, 0.1) is 13.2 Å². The molecule has 0 unspecified atom stereocenters. The van der Waals surface area contributed by atoms with Crippen molar-refractivity contribution in [1.82, 2.24) is 0 Å². The highest BCUT2D eigenvalue weighted by atomic mass is 16.5. The number of aromatic carboxylic acids is 1. The quantitative estimate of drug-likeness (QED) is 0.636. The minimum Gasteiger partial charge on any atom is -0.475 e. The first kappa shape index (κ1) is 13.4. The number of hydrogen-bond acceptors (Lipinski definition) is 3. The molecule has 0 saturated heterocycles. The fraction of sp³-hybridized carbons (Fsp3) is 0.267. The van der Waals surface area contributed by atoms with Crippen molar-refractivity contribution in [3.8, 4) is 0 Å². The van der Waals surface area contributed by atoms with Crippen LogP contribution in [0.2, 0.25) is 0 Å². The maximum Gasteiger partial charge on any atom is 0.371 e. The van der Waals surface area contributed by atoms with E-state index in [1.807, 2.05) is 19.1 Å². The van der Waals surface area contributed by atoms with Crippen LogP contribution in [0.5, 0.6) is 0 Å². The molecule has 1 N–H and O–H groups in total. The summed E-state index contributed by atoms with van der Waals surface area (Å²) in [4.78, 5) is 10.8. The van der Waals surface area contributed by atoms with Gasteiger partial charge in [0.2, 0.25) is 5.76 Å². The van der Waals surface area contributed by atoms with E-state index in [0.29, 0.717) is 18.8 Å². The van der Waals surface area contributed by atoms with E-state index in [4.69, 9.17) is 14.3 Å². The molecule has 1 aromatic heterocycles. The molecule has 100 valence electrons. The van der Waals surface area contributed by atoms with E-state index < -0.39 is 5.97 Å². The summed E-state index contributed by atoms with van der Waals surface area (Å²) in [6.45, 7) is 6.91. The van der Waals surface area contributed by atoms with E-state index in [0.717, 1.165) is 22.9 Å². The zero-order valence-electron chi connectivity index (χ0n) is 10.8. The summed E-state index contributed by atoms with van der Waals surface area (Å²) < 4.78 is 10.7. The van der Waals surface area contributed by atoms with Gasteiger partial charge in [-0.2, -0.15) is 0 Å². The van der Waals surface area contributed by atoms with E-state index in [-0.39, 0.29) is 5.76 Å². The van der Waals surface area contributed by atoms with Crippen molar-refractivity contribution >= 4 is 16.9 Å². The predicted molar refractivity (Wildman–Crippen MR) is 72.3 cm³/mol. The van der Waals surface area contributed by atoms with Crippen LogP contribution in [0, 0.1) is 0 Å². The molecule has 0 radical (unpaired) electrons. The third-order valence-corrected chi connectivity index (χ3v) is 2.73. The molecule has 19 heavy (non-hydrogen) atoms. The number of fused-ring (bicyclic) bond motifs is 1. The molecule has 0 aliphatic rings. The molecule has 0 aliphatic heterocycles. The van der Waals surface area contributed by atoms with Gasteiger partial charge in [-0.05, 0) is 37.1 Å². The monoisotopic (exact) mass is 260 g/mol. The Kier molecular flexibility index (Phi) is 4.02. The van der Waals surface area contributed by atoms with E-state index in [1.54, 1.807) is 6.07 Å². The molecule has 1 aromatic carbocycles. The Morgan fingerprint density at radius 1 is 1.42 bits per heavy atom. The molecule has 2 rings (SSSR count). The van der Waals surface area contributed by atoms with Crippen molar-refractivity contribution in [3.05, 3.63) is 47.7 Å². The smallest absolute Gasteiger partial charge is 0.371 e. The van der Waals surface area contributed by atoms with Crippen LogP contribution in [-0.4, -0.2) is 17.7 Å². The first-order valence-electron chi connectivity index (χ1n) is 6.04. The van der Waals surface area contributed by atoms with Crippen molar-refractivity contribution in [3.63, 3.8) is 0 Å². The lowest BCUT2D eigenvalue weighted by Gasteiger charge is -2.04. The fourth-order valence-corrected chi connectivity index (χ4v) is 1.72. The number of carbonyl (C=O) groups is 1. The molecule has 0 saturated carbocycles. The van der Waals surface area contributed by atoms with Crippen LogP contribution in [0.25, 0.3) is 11.0 Å². The highest BCUT2D eigenvalue weighted by Crippen LogP contribution is 2.21. The lowest BCUT2D eigenvalue weighted by Crippen LogP contribution is -1.95. The van der Waals surface area contributed by atoms with Gasteiger partial charge >= 0.3 is 5.97 Å². The van der Waals surface area contributed by atoms with E-state index in [1.165, 1.54) is 6.07 Å². The Morgan fingerprint density at radius 2 is 2.21 bits per heavy atom. The Labute approximate surface area is 111 Å². The number of rotatable bonds is 6. The first-order chi connectivity index (χ1) is 9.06. The van der Waals surface area contributed by atoms with Crippen molar-refractivity contribution < 1.29 is 19.1 Å². The van der Waals surface area contributed by atoms with Crippen LogP contribution >= 0.6 is 0 Å². The lowest BCUT2D eigenvalue weighted by atomic mass is 10.1. The Morgan fingerprint density at radius 3 is 2.89 bits per heavy atom. The standard InChI is InChI=1S/C15H16O4/c1-10(2)5-6-18-9-11-3-4-13-12(7-11)8-14(19-13)15(16)17/h3-4,7-8H,1,5-6,9H2,2H3,(H,16,17). The second-order valence-electron chi connectivity index (χ2n) is 4.55. The SMILES string of the molecule is C=C(C)CCOCc1ccc2oc(C(=O)O)cc2c1. The number of carboxylic acid groups (broad SMARTS) is 1. The molecular formula is C15H16O4. The van der Waals surface area contributed by atoms with E-state index in [9.17, 15) is 4.79 Å². The van der Waals surface area contributed by atoms with Crippen LogP contribution in [0.1, 0.15) is 29.5 Å². The van der Waals surface area contributed by atoms with Crippen molar-refractivity contribution in [2.24, 2.45) is 0 Å². The van der Waals surface area contributed by atoms with Crippen LogP contribution in [0.15, 0.2) is 40.8 Å². The molecule has 0 bridgehead atoms. The van der Waals surface area contributed by atoms with Crippen LogP contribution in [0.4, 0.5) is 0 Å². The zero-order chi connectivity index (χ0) is 13.8. The minimum atomic E-state index is -1.06. The molecule has 1 heterocycles. The van der Waals surface area contributed by atoms with Gasteiger partial charge in [0.1, 0.15) is 5.58 Å². The number of furan rings is 1. The minimum absolute atomic E-state index is 0.0460. The fourth-order valence-electron chi connectivity index (χ4n) is 1.72. The van der Waals surface area contributed by atoms with Gasteiger partial charge in [-0.25, -0.2) is 4.79 Å². The van der Waals surface area contributed by atoms with Gasteiger partial charge in [0.25, 0.3) is 0 Å². The van der Waals surface area contributed by atoms with Gasteiger partial charge in [0, 0.05) is 5.39 Å². The topological polar surface area (TPSA) is 59.7 Å². The van der Waals surface area contributed by atoms with Crippen LogP contribution in [0.3, 0.4) is 0 Å².